The molecule has 0 aliphatic carbocycles. The molecule has 1 aliphatic rings. The summed E-state index contributed by atoms with van der Waals surface area (Å²) in [7, 11) is 0. The highest BCUT2D eigenvalue weighted by Gasteiger charge is 2.31. The molecule has 1 fully saturated rings. The number of piperazine rings is 1. The van der Waals surface area contributed by atoms with Crippen molar-refractivity contribution in [1.82, 2.24) is 20.4 Å². The number of amides is 2. The minimum Gasteiger partial charge on any atom is -0.508 e. The Morgan fingerprint density at radius 2 is 1.91 bits per heavy atom. The van der Waals surface area contributed by atoms with Crippen LogP contribution in [0.4, 0.5) is 0 Å². The van der Waals surface area contributed by atoms with Crippen LogP contribution in [0.2, 0.25) is 0 Å². The molecule has 3 rings (SSSR count). The molecule has 8 heteroatoms. The number of rotatable bonds is 11. The van der Waals surface area contributed by atoms with Crippen molar-refractivity contribution in [3.05, 3.63) is 52.2 Å². The molecule has 0 radical (unpaired) electrons. The zero-order valence-corrected chi connectivity index (χ0v) is 20.4. The fourth-order valence-corrected chi connectivity index (χ4v) is 4.84. The van der Waals surface area contributed by atoms with Gasteiger partial charge in [-0.05, 0) is 41.5 Å². The van der Waals surface area contributed by atoms with Gasteiger partial charge in [-0.2, -0.15) is 0 Å². The first-order chi connectivity index (χ1) is 15.9. The van der Waals surface area contributed by atoms with Crippen LogP contribution in [-0.4, -0.2) is 78.6 Å². The van der Waals surface area contributed by atoms with E-state index in [2.05, 4.69) is 29.4 Å². The number of phenols is 1. The van der Waals surface area contributed by atoms with Gasteiger partial charge in [-0.25, -0.2) is 0 Å². The lowest BCUT2D eigenvalue weighted by Crippen LogP contribution is -2.56. The van der Waals surface area contributed by atoms with E-state index in [1.165, 1.54) is 0 Å². The first-order valence-electron chi connectivity index (χ1n) is 11.7. The molecule has 2 heterocycles. The average Bonchev–Trinajstić information content (AvgIpc) is 3.31. The summed E-state index contributed by atoms with van der Waals surface area (Å²) in [4.78, 5) is 31.2. The third-order valence-electron chi connectivity index (χ3n) is 5.76. The Labute approximate surface area is 200 Å². The smallest absolute Gasteiger partial charge is 0.240 e. The van der Waals surface area contributed by atoms with Crippen LogP contribution in [-0.2, 0) is 22.4 Å². The van der Waals surface area contributed by atoms with Crippen molar-refractivity contribution >= 4 is 23.2 Å². The summed E-state index contributed by atoms with van der Waals surface area (Å²) in [5, 5.41) is 18.0. The predicted molar refractivity (Wildman–Crippen MR) is 132 cm³/mol. The third-order valence-corrected chi connectivity index (χ3v) is 6.63. The largest absolute Gasteiger partial charge is 0.508 e. The predicted octanol–water partition coefficient (Wildman–Crippen LogP) is 2.11. The second kappa shape index (κ2) is 12.7. The van der Waals surface area contributed by atoms with Crippen molar-refractivity contribution in [1.29, 1.82) is 0 Å². The molecule has 1 aliphatic heterocycles. The van der Waals surface area contributed by atoms with Gasteiger partial charge in [0.2, 0.25) is 11.8 Å². The number of carbonyl (C=O) groups is 2. The van der Waals surface area contributed by atoms with Crippen molar-refractivity contribution in [3.63, 3.8) is 0 Å². The van der Waals surface area contributed by atoms with Crippen LogP contribution >= 0.6 is 11.3 Å². The second-order valence-corrected chi connectivity index (χ2v) is 9.99. The molecular weight excluding hydrogens is 436 g/mol. The number of nitrogens with zero attached hydrogens (tertiary/aromatic N) is 2. The average molecular weight is 473 g/mol. The molecule has 180 valence electrons. The molecule has 1 aromatic carbocycles. The normalized spacial score (nSPS) is 15.1. The Morgan fingerprint density at radius 3 is 2.55 bits per heavy atom. The molecule has 3 N–H and O–H groups in total. The van der Waals surface area contributed by atoms with Crippen LogP contribution in [0.5, 0.6) is 5.75 Å². The van der Waals surface area contributed by atoms with E-state index in [4.69, 9.17) is 0 Å². The van der Waals surface area contributed by atoms with E-state index in [0.29, 0.717) is 44.9 Å². The van der Waals surface area contributed by atoms with Crippen molar-refractivity contribution < 1.29 is 14.7 Å². The molecular formula is C25H36N4O3S. The van der Waals surface area contributed by atoms with Crippen molar-refractivity contribution in [2.45, 2.75) is 32.7 Å². The first kappa shape index (κ1) is 25.2. The Bertz CT molecular complexity index is 864. The quantitative estimate of drug-likeness (QED) is 0.467. The molecule has 1 atom stereocenters. The Morgan fingerprint density at radius 1 is 1.18 bits per heavy atom. The van der Waals surface area contributed by atoms with Gasteiger partial charge in [0.25, 0.3) is 0 Å². The topological polar surface area (TPSA) is 84.9 Å². The Kier molecular flexibility index (Phi) is 9.72. The number of carbonyl (C=O) groups excluding carboxylic acids is 2. The lowest BCUT2D eigenvalue weighted by Gasteiger charge is -2.37. The monoisotopic (exact) mass is 472 g/mol. The standard InChI is InChI=1S/C25H36N4O3S/c1-19(2)18-29(14-11-27-24(31)17-22-4-3-15-33-22)23(16-20-5-7-21(30)8-6-20)25(32)28-12-9-26-10-13-28/h3-8,15,19,23,26,30H,9-14,16-18H2,1-2H3,(H,27,31). The summed E-state index contributed by atoms with van der Waals surface area (Å²) in [6.45, 7) is 9.19. The van der Waals surface area contributed by atoms with Crippen molar-refractivity contribution in [2.24, 2.45) is 5.92 Å². The summed E-state index contributed by atoms with van der Waals surface area (Å²) < 4.78 is 0. The zero-order chi connectivity index (χ0) is 23.6. The van der Waals surface area contributed by atoms with Crippen LogP contribution < -0.4 is 10.6 Å². The third kappa shape index (κ3) is 8.14. The molecule has 0 bridgehead atoms. The van der Waals surface area contributed by atoms with E-state index >= 15 is 0 Å². The van der Waals surface area contributed by atoms with Gasteiger partial charge in [-0.1, -0.05) is 32.0 Å². The molecule has 1 unspecified atom stereocenters. The highest BCUT2D eigenvalue weighted by Crippen LogP contribution is 2.17. The highest BCUT2D eigenvalue weighted by atomic mass is 32.1. The summed E-state index contributed by atoms with van der Waals surface area (Å²) in [5.41, 5.74) is 1.01. The van der Waals surface area contributed by atoms with Crippen LogP contribution in [0, 0.1) is 5.92 Å². The van der Waals surface area contributed by atoms with Crippen LogP contribution in [0.3, 0.4) is 0 Å². The molecule has 33 heavy (non-hydrogen) atoms. The van der Waals surface area contributed by atoms with Crippen LogP contribution in [0.15, 0.2) is 41.8 Å². The summed E-state index contributed by atoms with van der Waals surface area (Å²) in [5.74, 6) is 0.738. The van der Waals surface area contributed by atoms with Gasteiger partial charge in [0.15, 0.2) is 0 Å². The van der Waals surface area contributed by atoms with Crippen LogP contribution in [0.1, 0.15) is 24.3 Å². The summed E-state index contributed by atoms with van der Waals surface area (Å²) >= 11 is 1.58. The molecule has 7 nitrogen and oxygen atoms in total. The number of aromatic hydroxyl groups is 1. The Hall–Kier alpha value is -2.42. The maximum atomic E-state index is 13.6. The minimum atomic E-state index is -0.316. The van der Waals surface area contributed by atoms with Crippen LogP contribution in [0.25, 0.3) is 0 Å². The van der Waals surface area contributed by atoms with E-state index in [-0.39, 0.29) is 23.6 Å². The minimum absolute atomic E-state index is 0.00506. The zero-order valence-electron chi connectivity index (χ0n) is 19.6. The van der Waals surface area contributed by atoms with E-state index in [0.717, 1.165) is 30.1 Å². The fourth-order valence-electron chi connectivity index (χ4n) is 4.14. The number of hydrogen-bond donors (Lipinski definition) is 3. The van der Waals surface area contributed by atoms with Gasteiger partial charge in [0.1, 0.15) is 5.75 Å². The lowest BCUT2D eigenvalue weighted by atomic mass is 10.0. The maximum absolute atomic E-state index is 13.6. The van der Waals surface area contributed by atoms with Crippen molar-refractivity contribution in [3.8, 4) is 5.75 Å². The van der Waals surface area contributed by atoms with E-state index in [1.54, 1.807) is 23.5 Å². The molecule has 2 amide bonds. The van der Waals surface area contributed by atoms with Gasteiger partial charge in [-0.3, -0.25) is 14.5 Å². The van der Waals surface area contributed by atoms with Gasteiger partial charge >= 0.3 is 0 Å². The van der Waals surface area contributed by atoms with Gasteiger partial charge in [0, 0.05) is 50.7 Å². The van der Waals surface area contributed by atoms with Gasteiger partial charge in [-0.15, -0.1) is 11.3 Å². The first-order valence-corrected chi connectivity index (χ1v) is 12.6. The number of phenolic OH excluding ortho intramolecular Hbond substituents is 1. The van der Waals surface area contributed by atoms with Gasteiger partial charge in [0.05, 0.1) is 12.5 Å². The number of hydrogen-bond acceptors (Lipinski definition) is 6. The molecule has 0 saturated carbocycles. The molecule has 1 aromatic heterocycles. The SMILES string of the molecule is CC(C)CN(CCNC(=O)Cc1cccs1)C(Cc1ccc(O)cc1)C(=O)N1CCNCC1. The molecule has 1 saturated heterocycles. The van der Waals surface area contributed by atoms with E-state index in [9.17, 15) is 14.7 Å². The highest BCUT2D eigenvalue weighted by molar-refractivity contribution is 7.10. The number of thiophene rings is 1. The molecule has 0 spiro atoms. The fraction of sp³-hybridized carbons (Fsp3) is 0.520. The number of nitrogens with one attached hydrogen (secondary N) is 2. The van der Waals surface area contributed by atoms with Crippen molar-refractivity contribution in [2.75, 3.05) is 45.8 Å². The second-order valence-electron chi connectivity index (χ2n) is 8.96. The van der Waals surface area contributed by atoms with E-state index < -0.39 is 0 Å². The lowest BCUT2D eigenvalue weighted by molar-refractivity contribution is -0.137. The van der Waals surface area contributed by atoms with E-state index in [1.807, 2.05) is 34.5 Å². The van der Waals surface area contributed by atoms with Gasteiger partial charge < -0.3 is 20.6 Å². The summed E-state index contributed by atoms with van der Waals surface area (Å²) in [6.07, 6.45) is 0.956. The molecule has 2 aromatic rings. The maximum Gasteiger partial charge on any atom is 0.240 e. The summed E-state index contributed by atoms with van der Waals surface area (Å²) in [6, 6.07) is 10.7. The number of benzene rings is 1. The Balaban J connectivity index is 1.70.